The number of hydrogen-bond donors (Lipinski definition) is 2. The Kier molecular flexibility index (Phi) is 6.94. The van der Waals surface area contributed by atoms with E-state index in [2.05, 4.69) is 20.6 Å². The quantitative estimate of drug-likeness (QED) is 0.481. The number of pyridine rings is 1. The summed E-state index contributed by atoms with van der Waals surface area (Å²) >= 11 is 0. The number of rotatable bonds is 6. The lowest BCUT2D eigenvalue weighted by Gasteiger charge is -2.14. The van der Waals surface area contributed by atoms with Crippen molar-refractivity contribution >= 4 is 17.6 Å². The summed E-state index contributed by atoms with van der Waals surface area (Å²) < 4.78 is 24.0. The van der Waals surface area contributed by atoms with Crippen LogP contribution in [0.5, 0.6) is 11.5 Å². The van der Waals surface area contributed by atoms with Crippen molar-refractivity contribution in [2.75, 3.05) is 19.5 Å². The number of methoxy groups -OCH3 is 2. The molecule has 0 aliphatic rings. The Labute approximate surface area is 173 Å². The molecular weight excluding hydrogens is 387 g/mol. The number of nitrogens with zero attached hydrogens (tertiary/aromatic N) is 2. The summed E-state index contributed by atoms with van der Waals surface area (Å²) in [7, 11) is 3.08. The van der Waals surface area contributed by atoms with E-state index in [-0.39, 0.29) is 18.1 Å². The number of aromatic nitrogens is 1. The maximum atomic E-state index is 13.5. The van der Waals surface area contributed by atoms with Gasteiger partial charge in [0, 0.05) is 29.7 Å². The summed E-state index contributed by atoms with van der Waals surface area (Å²) in [6.45, 7) is 0.285. The topological polar surface area (TPSA) is 84.8 Å². The van der Waals surface area contributed by atoms with E-state index in [0.29, 0.717) is 17.2 Å². The molecule has 0 spiro atoms. The smallest absolute Gasteiger partial charge is 0.258 e. The molecule has 3 rings (SSSR count). The van der Waals surface area contributed by atoms with Gasteiger partial charge in [-0.1, -0.05) is 12.1 Å². The Bertz CT molecular complexity index is 1040. The average Bonchev–Trinajstić information content (AvgIpc) is 2.78. The first kappa shape index (κ1) is 20.8. The van der Waals surface area contributed by atoms with Crippen LogP contribution < -0.4 is 20.1 Å². The molecule has 1 aromatic heterocycles. The number of ether oxygens (including phenoxy) is 2. The molecule has 0 saturated heterocycles. The van der Waals surface area contributed by atoms with Gasteiger partial charge in [-0.2, -0.15) is 0 Å². The third-order valence-corrected chi connectivity index (χ3v) is 4.11. The minimum absolute atomic E-state index is 0.179. The molecule has 0 fully saturated rings. The Morgan fingerprint density at radius 3 is 2.60 bits per heavy atom. The molecule has 0 atom stereocenters. The van der Waals surface area contributed by atoms with Gasteiger partial charge in [0.2, 0.25) is 5.96 Å². The van der Waals surface area contributed by atoms with Crippen LogP contribution in [0.4, 0.5) is 10.1 Å². The Morgan fingerprint density at radius 1 is 1.07 bits per heavy atom. The summed E-state index contributed by atoms with van der Waals surface area (Å²) in [4.78, 5) is 21.1. The van der Waals surface area contributed by atoms with Crippen molar-refractivity contribution in [3.05, 3.63) is 83.9 Å². The van der Waals surface area contributed by atoms with Crippen molar-refractivity contribution < 1.29 is 18.7 Å². The highest BCUT2D eigenvalue weighted by molar-refractivity contribution is 6.10. The van der Waals surface area contributed by atoms with Crippen molar-refractivity contribution in [3.63, 3.8) is 0 Å². The van der Waals surface area contributed by atoms with E-state index < -0.39 is 11.7 Å². The van der Waals surface area contributed by atoms with E-state index in [1.54, 1.807) is 43.8 Å². The second-order valence-electron chi connectivity index (χ2n) is 6.19. The number of guanidine groups is 1. The Hall–Kier alpha value is -3.94. The van der Waals surface area contributed by atoms with Gasteiger partial charge in [-0.3, -0.25) is 15.1 Å². The highest BCUT2D eigenvalue weighted by Gasteiger charge is 2.12. The minimum Gasteiger partial charge on any atom is -0.493 e. The van der Waals surface area contributed by atoms with E-state index in [9.17, 15) is 9.18 Å². The van der Waals surface area contributed by atoms with Crippen LogP contribution in [-0.2, 0) is 6.54 Å². The lowest BCUT2D eigenvalue weighted by Crippen LogP contribution is -2.36. The molecule has 0 radical (unpaired) electrons. The van der Waals surface area contributed by atoms with Crippen molar-refractivity contribution in [1.29, 1.82) is 0 Å². The molecule has 30 heavy (non-hydrogen) atoms. The van der Waals surface area contributed by atoms with Crippen molar-refractivity contribution in [2.45, 2.75) is 6.54 Å². The standard InChI is InChI=1S/C22H21FN4O3/c1-29-19-9-8-18(12-20(19)30-2)26-22(25-14-15-5-4-10-24-13-15)27-21(28)16-6-3-7-17(23)11-16/h3-13H,14H2,1-2H3,(H2,25,26,27,28). The average molecular weight is 408 g/mol. The number of hydrogen-bond acceptors (Lipinski definition) is 5. The predicted octanol–water partition coefficient (Wildman–Crippen LogP) is 3.64. The van der Waals surface area contributed by atoms with E-state index in [1.165, 1.54) is 25.3 Å². The van der Waals surface area contributed by atoms with Crippen LogP contribution in [0.3, 0.4) is 0 Å². The van der Waals surface area contributed by atoms with E-state index >= 15 is 0 Å². The van der Waals surface area contributed by atoms with Gasteiger partial charge in [-0.25, -0.2) is 9.38 Å². The lowest BCUT2D eigenvalue weighted by atomic mass is 10.2. The zero-order chi connectivity index (χ0) is 21.3. The van der Waals surface area contributed by atoms with Crippen molar-refractivity contribution in [3.8, 4) is 11.5 Å². The number of benzene rings is 2. The Morgan fingerprint density at radius 2 is 1.90 bits per heavy atom. The van der Waals surface area contributed by atoms with Crippen LogP contribution in [0.1, 0.15) is 15.9 Å². The first-order valence-electron chi connectivity index (χ1n) is 9.08. The summed E-state index contributed by atoms with van der Waals surface area (Å²) in [6, 6.07) is 14.3. The second-order valence-corrected chi connectivity index (χ2v) is 6.19. The van der Waals surface area contributed by atoms with Gasteiger partial charge in [0.1, 0.15) is 5.82 Å². The van der Waals surface area contributed by atoms with Crippen LogP contribution in [0.2, 0.25) is 0 Å². The normalized spacial score (nSPS) is 11.0. The Balaban J connectivity index is 1.84. The molecule has 0 aliphatic carbocycles. The largest absolute Gasteiger partial charge is 0.493 e. The zero-order valence-corrected chi connectivity index (χ0v) is 16.6. The summed E-state index contributed by atoms with van der Waals surface area (Å²) in [5.74, 6) is 0.295. The van der Waals surface area contributed by atoms with Gasteiger partial charge in [0.05, 0.1) is 20.8 Å². The first-order chi connectivity index (χ1) is 14.6. The van der Waals surface area contributed by atoms with Crippen LogP contribution in [0, 0.1) is 5.82 Å². The maximum Gasteiger partial charge on any atom is 0.258 e. The van der Waals surface area contributed by atoms with Gasteiger partial charge >= 0.3 is 0 Å². The van der Waals surface area contributed by atoms with Crippen LogP contribution in [0.15, 0.2) is 72.0 Å². The number of amides is 1. The van der Waals surface area contributed by atoms with Gasteiger partial charge < -0.3 is 14.8 Å². The zero-order valence-electron chi connectivity index (χ0n) is 16.6. The predicted molar refractivity (Wildman–Crippen MR) is 112 cm³/mol. The molecule has 0 bridgehead atoms. The molecule has 154 valence electrons. The summed E-state index contributed by atoms with van der Waals surface area (Å²) in [5, 5.41) is 5.75. The highest BCUT2D eigenvalue weighted by atomic mass is 19.1. The molecule has 1 heterocycles. The van der Waals surface area contributed by atoms with Gasteiger partial charge in [0.15, 0.2) is 11.5 Å². The lowest BCUT2D eigenvalue weighted by molar-refractivity contribution is 0.0976. The number of carbonyl (C=O) groups excluding carboxylic acids is 1. The fraction of sp³-hybridized carbons (Fsp3) is 0.136. The van der Waals surface area contributed by atoms with Gasteiger partial charge in [0.25, 0.3) is 5.91 Å². The summed E-state index contributed by atoms with van der Waals surface area (Å²) in [6.07, 6.45) is 3.35. The molecule has 1 amide bonds. The molecular formula is C22H21FN4O3. The third-order valence-electron chi connectivity index (χ3n) is 4.11. The van der Waals surface area contributed by atoms with Crippen LogP contribution in [0.25, 0.3) is 0 Å². The fourth-order valence-corrected chi connectivity index (χ4v) is 2.63. The first-order valence-corrected chi connectivity index (χ1v) is 9.08. The number of carbonyl (C=O) groups is 1. The highest BCUT2D eigenvalue weighted by Crippen LogP contribution is 2.29. The summed E-state index contributed by atoms with van der Waals surface area (Å²) in [5.41, 5.74) is 1.67. The van der Waals surface area contributed by atoms with Gasteiger partial charge in [-0.15, -0.1) is 0 Å². The molecule has 3 aromatic rings. The van der Waals surface area contributed by atoms with Crippen molar-refractivity contribution in [1.82, 2.24) is 10.3 Å². The monoisotopic (exact) mass is 408 g/mol. The molecule has 2 N–H and O–H groups in total. The number of halogens is 1. The van der Waals surface area contributed by atoms with Crippen molar-refractivity contribution in [2.24, 2.45) is 4.99 Å². The van der Waals surface area contributed by atoms with E-state index in [1.807, 2.05) is 6.07 Å². The fourth-order valence-electron chi connectivity index (χ4n) is 2.63. The SMILES string of the molecule is COc1ccc(NC(=NCc2cccnc2)NC(=O)c2cccc(F)c2)cc1OC. The molecule has 7 nitrogen and oxygen atoms in total. The number of anilines is 1. The van der Waals surface area contributed by atoms with Gasteiger partial charge in [-0.05, 0) is 42.0 Å². The number of aliphatic imine (C=N–C) groups is 1. The maximum absolute atomic E-state index is 13.5. The minimum atomic E-state index is -0.496. The van der Waals surface area contributed by atoms with E-state index in [0.717, 1.165) is 11.6 Å². The molecule has 8 heteroatoms. The molecule has 0 aliphatic heterocycles. The molecule has 2 aromatic carbocycles. The molecule has 0 saturated carbocycles. The van der Waals surface area contributed by atoms with Crippen LogP contribution >= 0.6 is 0 Å². The third kappa shape index (κ3) is 5.54. The number of nitrogens with one attached hydrogen (secondary N) is 2. The molecule has 0 unspecified atom stereocenters. The van der Waals surface area contributed by atoms with E-state index in [4.69, 9.17) is 9.47 Å². The van der Waals surface area contributed by atoms with Crippen LogP contribution in [-0.4, -0.2) is 31.1 Å². The second kappa shape index (κ2) is 10.0.